The number of ether oxygens (including phenoxy) is 1. The number of phenolic OH excluding ortho intramolecular Hbond substituents is 1. The molecule has 0 unspecified atom stereocenters. The number of aliphatic hydroxyl groups is 1. The highest BCUT2D eigenvalue weighted by Crippen LogP contribution is 2.27. The molecule has 1 atom stereocenters. The fraction of sp³-hybridized carbons (Fsp3) is 0.684. The highest BCUT2D eigenvalue weighted by Gasteiger charge is 2.29. The molecule has 1 aliphatic rings. The van der Waals surface area contributed by atoms with Gasteiger partial charge in [-0.3, -0.25) is 9.80 Å². The molecule has 0 radical (unpaired) electrons. The first kappa shape index (κ1) is 19.0. The summed E-state index contributed by atoms with van der Waals surface area (Å²) in [6, 6.07) is 5.98. The minimum atomic E-state index is 0.188. The predicted octanol–water partition coefficient (Wildman–Crippen LogP) is 2.32. The summed E-state index contributed by atoms with van der Waals surface area (Å²) in [6.45, 7) is 11.8. The Hall–Kier alpha value is -1.30. The third-order valence-corrected chi connectivity index (χ3v) is 4.48. The van der Waals surface area contributed by atoms with Gasteiger partial charge in [0.1, 0.15) is 0 Å². The number of rotatable bonds is 6. The van der Waals surface area contributed by atoms with Crippen LogP contribution in [0.25, 0.3) is 0 Å². The Morgan fingerprint density at radius 2 is 2.00 bits per heavy atom. The van der Waals surface area contributed by atoms with Crippen LogP contribution in [0, 0.1) is 5.41 Å². The van der Waals surface area contributed by atoms with Crippen LogP contribution in [0.3, 0.4) is 0 Å². The van der Waals surface area contributed by atoms with Crippen LogP contribution in [0.1, 0.15) is 32.8 Å². The fourth-order valence-electron chi connectivity index (χ4n) is 3.43. The molecule has 5 heteroatoms. The first-order valence-corrected chi connectivity index (χ1v) is 8.75. The quantitative estimate of drug-likeness (QED) is 0.835. The molecule has 2 N–H and O–H groups in total. The van der Waals surface area contributed by atoms with E-state index in [1.807, 2.05) is 12.1 Å². The van der Waals surface area contributed by atoms with Gasteiger partial charge >= 0.3 is 0 Å². The molecule has 0 aliphatic carbocycles. The number of aliphatic hydroxyl groups excluding tert-OH is 1. The number of nitrogens with zero attached hydrogens (tertiary/aromatic N) is 2. The van der Waals surface area contributed by atoms with Gasteiger partial charge in [0, 0.05) is 45.4 Å². The lowest BCUT2D eigenvalue weighted by molar-refractivity contribution is 0.0339. The summed E-state index contributed by atoms with van der Waals surface area (Å²) in [4.78, 5) is 4.92. The molecule has 0 aromatic heterocycles. The van der Waals surface area contributed by atoms with Gasteiger partial charge in [-0.2, -0.15) is 0 Å². The van der Waals surface area contributed by atoms with E-state index in [1.165, 1.54) is 0 Å². The monoisotopic (exact) mass is 336 g/mol. The molecule has 0 spiro atoms. The van der Waals surface area contributed by atoms with Crippen LogP contribution >= 0.6 is 0 Å². The average molecular weight is 336 g/mol. The second-order valence-corrected chi connectivity index (χ2v) is 7.94. The Morgan fingerprint density at radius 1 is 1.25 bits per heavy atom. The van der Waals surface area contributed by atoms with Crippen LogP contribution in [0.15, 0.2) is 18.2 Å². The van der Waals surface area contributed by atoms with Crippen LogP contribution in [-0.2, 0) is 6.54 Å². The molecule has 1 fully saturated rings. The lowest BCUT2D eigenvalue weighted by Gasteiger charge is -2.44. The molecule has 1 heterocycles. The zero-order valence-corrected chi connectivity index (χ0v) is 15.5. The number of methoxy groups -OCH3 is 1. The van der Waals surface area contributed by atoms with Crippen molar-refractivity contribution in [3.63, 3.8) is 0 Å². The van der Waals surface area contributed by atoms with Crippen LogP contribution in [0.2, 0.25) is 0 Å². The topological polar surface area (TPSA) is 56.2 Å². The van der Waals surface area contributed by atoms with E-state index in [1.54, 1.807) is 13.2 Å². The maximum absolute atomic E-state index is 9.94. The van der Waals surface area contributed by atoms with Gasteiger partial charge in [0.15, 0.2) is 11.5 Å². The van der Waals surface area contributed by atoms with Gasteiger partial charge in [-0.05, 0) is 29.5 Å². The number of hydrogen-bond acceptors (Lipinski definition) is 5. The molecule has 0 amide bonds. The average Bonchev–Trinajstić information content (AvgIpc) is 2.49. The Bertz CT molecular complexity index is 528. The number of phenols is 1. The lowest BCUT2D eigenvalue weighted by atomic mass is 9.94. The van der Waals surface area contributed by atoms with Gasteiger partial charge in [-0.25, -0.2) is 0 Å². The maximum atomic E-state index is 9.94. The molecule has 5 nitrogen and oxygen atoms in total. The zero-order chi connectivity index (χ0) is 17.7. The highest BCUT2D eigenvalue weighted by atomic mass is 16.5. The first-order valence-electron chi connectivity index (χ1n) is 8.75. The number of piperazine rings is 1. The number of aromatic hydroxyl groups is 1. The van der Waals surface area contributed by atoms with Crippen molar-refractivity contribution in [2.45, 2.75) is 39.8 Å². The van der Waals surface area contributed by atoms with Crippen LogP contribution in [-0.4, -0.2) is 66.0 Å². The van der Waals surface area contributed by atoms with E-state index in [0.29, 0.717) is 11.8 Å². The number of hydrogen-bond donors (Lipinski definition) is 2. The third kappa shape index (κ3) is 5.36. The van der Waals surface area contributed by atoms with Crippen molar-refractivity contribution in [3.8, 4) is 11.5 Å². The molecular weight excluding hydrogens is 304 g/mol. The summed E-state index contributed by atoms with van der Waals surface area (Å²) in [5.74, 6) is 0.695. The molecule has 0 saturated carbocycles. The summed E-state index contributed by atoms with van der Waals surface area (Å²) >= 11 is 0. The van der Waals surface area contributed by atoms with E-state index in [0.717, 1.165) is 44.7 Å². The number of benzene rings is 1. The molecule has 2 rings (SSSR count). The SMILES string of the molecule is COc1ccc(CN2CCN(CC(C)(C)C)[C@@H](CCO)C2)cc1O. The van der Waals surface area contributed by atoms with Gasteiger partial charge in [-0.1, -0.05) is 26.8 Å². The van der Waals surface area contributed by atoms with Gasteiger partial charge in [0.2, 0.25) is 0 Å². The van der Waals surface area contributed by atoms with Crippen LogP contribution < -0.4 is 4.74 Å². The normalized spacial score (nSPS) is 20.3. The van der Waals surface area contributed by atoms with Gasteiger partial charge < -0.3 is 14.9 Å². The minimum absolute atomic E-state index is 0.188. The van der Waals surface area contributed by atoms with E-state index in [4.69, 9.17) is 4.74 Å². The van der Waals surface area contributed by atoms with Crippen molar-refractivity contribution in [1.82, 2.24) is 9.80 Å². The summed E-state index contributed by atoms with van der Waals surface area (Å²) in [5, 5.41) is 19.4. The fourth-order valence-corrected chi connectivity index (χ4v) is 3.43. The van der Waals surface area contributed by atoms with Crippen LogP contribution in [0.5, 0.6) is 11.5 Å². The molecule has 0 bridgehead atoms. The van der Waals surface area contributed by atoms with Gasteiger partial charge in [-0.15, -0.1) is 0 Å². The molecule has 24 heavy (non-hydrogen) atoms. The van der Waals surface area contributed by atoms with Crippen molar-refractivity contribution in [1.29, 1.82) is 0 Å². The lowest BCUT2D eigenvalue weighted by Crippen LogP contribution is -2.54. The summed E-state index contributed by atoms with van der Waals surface area (Å²) in [6.07, 6.45) is 0.806. The molecule has 1 aliphatic heterocycles. The molecule has 1 aromatic carbocycles. The summed E-state index contributed by atoms with van der Waals surface area (Å²) in [7, 11) is 1.56. The Labute approximate surface area is 145 Å². The van der Waals surface area contributed by atoms with Gasteiger partial charge in [0.25, 0.3) is 0 Å². The molecule has 1 saturated heterocycles. The first-order chi connectivity index (χ1) is 11.3. The second kappa shape index (κ2) is 8.19. The molecular formula is C19H32N2O3. The van der Waals surface area contributed by atoms with E-state index in [9.17, 15) is 10.2 Å². The predicted molar refractivity (Wildman–Crippen MR) is 96.5 cm³/mol. The Balaban J connectivity index is 1.99. The molecule has 1 aromatic rings. The van der Waals surface area contributed by atoms with E-state index < -0.39 is 0 Å². The Morgan fingerprint density at radius 3 is 2.58 bits per heavy atom. The van der Waals surface area contributed by atoms with Crippen molar-refractivity contribution < 1.29 is 14.9 Å². The van der Waals surface area contributed by atoms with Crippen LogP contribution in [0.4, 0.5) is 0 Å². The van der Waals surface area contributed by atoms with Crippen molar-refractivity contribution in [3.05, 3.63) is 23.8 Å². The minimum Gasteiger partial charge on any atom is -0.504 e. The smallest absolute Gasteiger partial charge is 0.160 e. The largest absolute Gasteiger partial charge is 0.504 e. The highest BCUT2D eigenvalue weighted by molar-refractivity contribution is 5.41. The van der Waals surface area contributed by atoms with E-state index >= 15 is 0 Å². The van der Waals surface area contributed by atoms with Crippen molar-refractivity contribution in [2.24, 2.45) is 5.41 Å². The van der Waals surface area contributed by atoms with E-state index in [2.05, 4.69) is 30.6 Å². The maximum Gasteiger partial charge on any atom is 0.160 e. The second-order valence-electron chi connectivity index (χ2n) is 7.94. The van der Waals surface area contributed by atoms with Crippen molar-refractivity contribution >= 4 is 0 Å². The summed E-state index contributed by atoms with van der Waals surface area (Å²) in [5.41, 5.74) is 1.35. The van der Waals surface area contributed by atoms with E-state index in [-0.39, 0.29) is 17.8 Å². The third-order valence-electron chi connectivity index (χ3n) is 4.48. The zero-order valence-electron chi connectivity index (χ0n) is 15.5. The summed E-state index contributed by atoms with van der Waals surface area (Å²) < 4.78 is 5.10. The van der Waals surface area contributed by atoms with Gasteiger partial charge in [0.05, 0.1) is 7.11 Å². The van der Waals surface area contributed by atoms with Crippen molar-refractivity contribution in [2.75, 3.05) is 39.9 Å². The molecule has 136 valence electrons. The Kier molecular flexibility index (Phi) is 6.49. The standard InChI is InChI=1S/C19H32N2O3/c1-19(2,3)14-21-9-8-20(13-16(21)7-10-22)12-15-5-6-18(24-4)17(23)11-15/h5-6,11,16,22-23H,7-10,12-14H2,1-4H3/t16-/m0/s1.